The largest absolute Gasteiger partial charge is 0.316 e. The minimum Gasteiger partial charge on any atom is -0.316 e. The van der Waals surface area contributed by atoms with E-state index >= 15 is 0 Å². The van der Waals surface area contributed by atoms with Crippen molar-refractivity contribution in [2.75, 3.05) is 7.05 Å². The Morgan fingerprint density at radius 1 is 1.50 bits per heavy atom. The fourth-order valence-electron chi connectivity index (χ4n) is 1.35. The number of hydrogen-bond acceptors (Lipinski definition) is 1. The average molecular weight is 191 g/mol. The second-order valence-electron chi connectivity index (χ2n) is 3.19. The van der Waals surface area contributed by atoms with Gasteiger partial charge in [-0.1, -0.05) is 18.2 Å². The third-order valence-electron chi connectivity index (χ3n) is 2.20. The van der Waals surface area contributed by atoms with Crippen LogP contribution >= 0.6 is 0 Å². The number of rotatable bonds is 4. The molecule has 1 N–H and O–H groups in total. The van der Waals surface area contributed by atoms with Crippen LogP contribution < -0.4 is 5.32 Å². The fourth-order valence-corrected chi connectivity index (χ4v) is 1.35. The second-order valence-corrected chi connectivity index (χ2v) is 3.19. The molecule has 1 nitrogen and oxygen atoms in total. The minimum absolute atomic E-state index is 0.150. The predicted molar refractivity (Wildman–Crippen MR) is 56.4 cm³/mol. The zero-order valence-electron chi connectivity index (χ0n) is 8.26. The molecular weight excluding hydrogens is 177 g/mol. The number of likely N-dealkylation sites (N-methyl/N-ethyl adjacent to an activating group) is 1. The van der Waals surface area contributed by atoms with Crippen LogP contribution in [0, 0.1) is 18.2 Å². The van der Waals surface area contributed by atoms with Crippen molar-refractivity contribution in [2.45, 2.75) is 18.9 Å². The van der Waals surface area contributed by atoms with Gasteiger partial charge in [0.1, 0.15) is 5.82 Å². The van der Waals surface area contributed by atoms with Crippen LogP contribution in [0.1, 0.15) is 12.0 Å². The molecule has 0 saturated carbocycles. The normalized spacial score (nSPS) is 12.1. The van der Waals surface area contributed by atoms with E-state index in [0.717, 1.165) is 0 Å². The van der Waals surface area contributed by atoms with Gasteiger partial charge in [0.15, 0.2) is 0 Å². The molecule has 0 bridgehead atoms. The molecule has 0 aliphatic carbocycles. The van der Waals surface area contributed by atoms with E-state index in [0.29, 0.717) is 18.4 Å². The van der Waals surface area contributed by atoms with Gasteiger partial charge in [0.2, 0.25) is 0 Å². The summed E-state index contributed by atoms with van der Waals surface area (Å²) in [5, 5.41) is 3.07. The van der Waals surface area contributed by atoms with Crippen LogP contribution in [0.4, 0.5) is 4.39 Å². The first-order chi connectivity index (χ1) is 6.77. The van der Waals surface area contributed by atoms with Crippen molar-refractivity contribution in [3.05, 3.63) is 35.6 Å². The average Bonchev–Trinajstić information content (AvgIpc) is 2.20. The van der Waals surface area contributed by atoms with Crippen LogP contribution in [0.3, 0.4) is 0 Å². The van der Waals surface area contributed by atoms with Crippen molar-refractivity contribution < 1.29 is 4.39 Å². The maximum Gasteiger partial charge on any atom is 0.126 e. The molecule has 0 radical (unpaired) electrons. The highest BCUT2D eigenvalue weighted by molar-refractivity contribution is 5.18. The molecule has 1 unspecified atom stereocenters. The Balaban J connectivity index is 2.68. The summed E-state index contributed by atoms with van der Waals surface area (Å²) in [5.41, 5.74) is 0.710. The fraction of sp³-hybridized carbons (Fsp3) is 0.333. The van der Waals surface area contributed by atoms with Gasteiger partial charge in [0.05, 0.1) is 0 Å². The Kier molecular flexibility index (Phi) is 4.15. The third kappa shape index (κ3) is 2.86. The van der Waals surface area contributed by atoms with E-state index < -0.39 is 0 Å². The summed E-state index contributed by atoms with van der Waals surface area (Å²) < 4.78 is 13.2. The van der Waals surface area contributed by atoms with Crippen molar-refractivity contribution in [3.63, 3.8) is 0 Å². The Hall–Kier alpha value is -1.33. The summed E-state index contributed by atoms with van der Waals surface area (Å²) in [6, 6.07) is 6.93. The van der Waals surface area contributed by atoms with Gasteiger partial charge in [0.25, 0.3) is 0 Å². The predicted octanol–water partition coefficient (Wildman–Crippen LogP) is 1.98. The molecule has 0 saturated heterocycles. The Morgan fingerprint density at radius 3 is 2.79 bits per heavy atom. The van der Waals surface area contributed by atoms with Gasteiger partial charge < -0.3 is 5.32 Å². The summed E-state index contributed by atoms with van der Waals surface area (Å²) in [6.07, 6.45) is 6.46. The summed E-state index contributed by atoms with van der Waals surface area (Å²) in [4.78, 5) is 0. The molecule has 0 aromatic heterocycles. The van der Waals surface area contributed by atoms with Crippen molar-refractivity contribution in [1.82, 2.24) is 5.32 Å². The summed E-state index contributed by atoms with van der Waals surface area (Å²) in [5.74, 6) is 2.41. The Bertz CT molecular complexity index is 327. The zero-order valence-corrected chi connectivity index (χ0v) is 8.26. The first kappa shape index (κ1) is 10.7. The van der Waals surface area contributed by atoms with Gasteiger partial charge >= 0.3 is 0 Å². The van der Waals surface area contributed by atoms with Crippen LogP contribution in [0.2, 0.25) is 0 Å². The smallest absolute Gasteiger partial charge is 0.126 e. The lowest BCUT2D eigenvalue weighted by Crippen LogP contribution is -2.27. The molecule has 0 fully saturated rings. The van der Waals surface area contributed by atoms with E-state index in [1.165, 1.54) is 6.07 Å². The number of benzene rings is 1. The van der Waals surface area contributed by atoms with Gasteiger partial charge in [-0.15, -0.1) is 12.3 Å². The lowest BCUT2D eigenvalue weighted by Gasteiger charge is -2.13. The number of halogens is 1. The highest BCUT2D eigenvalue weighted by atomic mass is 19.1. The van der Waals surface area contributed by atoms with Crippen LogP contribution in [-0.4, -0.2) is 13.1 Å². The Labute approximate surface area is 84.3 Å². The van der Waals surface area contributed by atoms with E-state index in [1.54, 1.807) is 12.1 Å². The van der Waals surface area contributed by atoms with Crippen molar-refractivity contribution in [3.8, 4) is 12.3 Å². The van der Waals surface area contributed by atoms with Gasteiger partial charge in [-0.2, -0.15) is 0 Å². The van der Waals surface area contributed by atoms with Gasteiger partial charge in [-0.05, 0) is 25.1 Å². The van der Waals surface area contributed by atoms with Crippen molar-refractivity contribution >= 4 is 0 Å². The van der Waals surface area contributed by atoms with Crippen LogP contribution in [0.5, 0.6) is 0 Å². The van der Waals surface area contributed by atoms with E-state index in [9.17, 15) is 4.39 Å². The quantitative estimate of drug-likeness (QED) is 0.717. The SMILES string of the molecule is C#CCC(Cc1ccccc1F)NC. The molecule has 1 atom stereocenters. The van der Waals surface area contributed by atoms with Crippen molar-refractivity contribution in [1.29, 1.82) is 0 Å². The molecule has 14 heavy (non-hydrogen) atoms. The molecule has 0 aliphatic heterocycles. The van der Waals surface area contributed by atoms with Gasteiger partial charge in [-0.25, -0.2) is 4.39 Å². The van der Waals surface area contributed by atoms with Gasteiger partial charge in [-0.3, -0.25) is 0 Å². The highest BCUT2D eigenvalue weighted by Crippen LogP contribution is 2.10. The second kappa shape index (κ2) is 5.41. The van der Waals surface area contributed by atoms with E-state index in [1.807, 2.05) is 13.1 Å². The summed E-state index contributed by atoms with van der Waals surface area (Å²) in [6.45, 7) is 0. The third-order valence-corrected chi connectivity index (χ3v) is 2.20. The maximum absolute atomic E-state index is 13.2. The van der Waals surface area contributed by atoms with Crippen molar-refractivity contribution in [2.24, 2.45) is 0 Å². The molecular formula is C12H14FN. The molecule has 0 heterocycles. The molecule has 0 spiro atoms. The number of nitrogens with one attached hydrogen (secondary N) is 1. The lowest BCUT2D eigenvalue weighted by atomic mass is 10.0. The number of terminal acetylenes is 1. The highest BCUT2D eigenvalue weighted by Gasteiger charge is 2.08. The molecule has 0 amide bonds. The number of hydrogen-bond donors (Lipinski definition) is 1. The lowest BCUT2D eigenvalue weighted by molar-refractivity contribution is 0.543. The van der Waals surface area contributed by atoms with Crippen LogP contribution in [0.15, 0.2) is 24.3 Å². The molecule has 1 rings (SSSR count). The molecule has 2 heteroatoms. The molecule has 1 aromatic rings. The van der Waals surface area contributed by atoms with E-state index in [-0.39, 0.29) is 11.9 Å². The topological polar surface area (TPSA) is 12.0 Å². The first-order valence-electron chi connectivity index (χ1n) is 4.62. The standard InChI is InChI=1S/C12H14FN/c1-3-6-11(14-2)9-10-7-4-5-8-12(10)13/h1,4-5,7-8,11,14H,6,9H2,2H3. The first-order valence-corrected chi connectivity index (χ1v) is 4.62. The Morgan fingerprint density at radius 2 is 2.21 bits per heavy atom. The molecule has 1 aromatic carbocycles. The molecule has 0 aliphatic rings. The zero-order chi connectivity index (χ0) is 10.4. The minimum atomic E-state index is -0.162. The van der Waals surface area contributed by atoms with Gasteiger partial charge in [0, 0.05) is 12.5 Å². The maximum atomic E-state index is 13.2. The van der Waals surface area contributed by atoms with Crippen LogP contribution in [0.25, 0.3) is 0 Å². The van der Waals surface area contributed by atoms with E-state index in [2.05, 4.69) is 11.2 Å². The summed E-state index contributed by atoms with van der Waals surface area (Å²) >= 11 is 0. The molecule has 74 valence electrons. The monoisotopic (exact) mass is 191 g/mol. The van der Waals surface area contributed by atoms with E-state index in [4.69, 9.17) is 6.42 Å². The van der Waals surface area contributed by atoms with Crippen LogP contribution in [-0.2, 0) is 6.42 Å². The summed E-state index contributed by atoms with van der Waals surface area (Å²) in [7, 11) is 1.84.